The Bertz CT molecular complexity index is 1510. The quantitative estimate of drug-likeness (QED) is 0.393. The first-order valence-corrected chi connectivity index (χ1v) is 13.3. The Morgan fingerprint density at radius 1 is 1.17 bits per heavy atom. The van der Waals surface area contributed by atoms with Crippen LogP contribution in [0.1, 0.15) is 60.5 Å². The van der Waals surface area contributed by atoms with E-state index in [0.29, 0.717) is 41.6 Å². The van der Waals surface area contributed by atoms with Crippen LogP contribution in [0.4, 0.5) is 27.9 Å². The maximum atomic E-state index is 13.8. The van der Waals surface area contributed by atoms with Crippen molar-refractivity contribution in [3.05, 3.63) is 76.2 Å². The zero-order chi connectivity index (χ0) is 30.2. The van der Waals surface area contributed by atoms with Crippen LogP contribution in [-0.4, -0.2) is 45.7 Å². The topological polar surface area (TPSA) is 96.4 Å². The molecule has 0 saturated heterocycles. The number of benzene rings is 1. The summed E-state index contributed by atoms with van der Waals surface area (Å²) in [7, 11) is 1.58. The molecule has 2 heterocycles. The molecule has 2 aliphatic carbocycles. The van der Waals surface area contributed by atoms with Gasteiger partial charge in [-0.3, -0.25) is 9.59 Å². The molecule has 3 aliphatic rings. The number of halogens is 5. The molecular weight excluding hydrogens is 561 g/mol. The number of anilines is 1. The Morgan fingerprint density at radius 2 is 1.90 bits per heavy atom. The Hall–Kier alpha value is -4.29. The van der Waals surface area contributed by atoms with Gasteiger partial charge in [-0.15, -0.1) is 0 Å². The number of carbonyl (C=O) groups excluding carboxylic acids is 2. The predicted octanol–water partition coefficient (Wildman–Crippen LogP) is 6.14. The first-order chi connectivity index (χ1) is 19.8. The number of hydrogen-bond donors (Lipinski definition) is 2. The minimum Gasteiger partial charge on any atom is -0.437 e. The van der Waals surface area contributed by atoms with Crippen LogP contribution in [0.15, 0.2) is 59.5 Å². The summed E-state index contributed by atoms with van der Waals surface area (Å²) in [5.41, 5.74) is 0.943. The zero-order valence-electron chi connectivity index (χ0n) is 22.8. The third-order valence-electron chi connectivity index (χ3n) is 7.36. The fraction of sp³-hybridized carbons (Fsp3) is 0.379. The van der Waals surface area contributed by atoms with Gasteiger partial charge in [0.25, 0.3) is 11.8 Å². The van der Waals surface area contributed by atoms with Crippen molar-refractivity contribution in [3.8, 4) is 11.6 Å². The van der Waals surface area contributed by atoms with Crippen LogP contribution in [0, 0.1) is 0 Å². The van der Waals surface area contributed by atoms with Crippen molar-refractivity contribution in [1.29, 1.82) is 0 Å². The van der Waals surface area contributed by atoms with Crippen molar-refractivity contribution < 1.29 is 36.3 Å². The molecule has 8 nitrogen and oxygen atoms in total. The van der Waals surface area contributed by atoms with Crippen molar-refractivity contribution >= 4 is 17.8 Å². The molecule has 42 heavy (non-hydrogen) atoms. The van der Waals surface area contributed by atoms with Gasteiger partial charge < -0.3 is 20.3 Å². The Balaban J connectivity index is 1.34. The van der Waals surface area contributed by atoms with Crippen LogP contribution < -0.4 is 15.4 Å². The second-order valence-corrected chi connectivity index (χ2v) is 10.5. The van der Waals surface area contributed by atoms with E-state index in [1.54, 1.807) is 44.3 Å². The molecule has 5 rings (SSSR count). The molecule has 13 heteroatoms. The number of alkyl halides is 5. The number of carbonyl (C=O) groups is 2. The van der Waals surface area contributed by atoms with Gasteiger partial charge in [0.05, 0.1) is 5.56 Å². The maximum absolute atomic E-state index is 13.8. The number of aromatic nitrogens is 2. The average molecular weight is 590 g/mol. The lowest BCUT2D eigenvalue weighted by molar-refractivity contribution is -0.139. The largest absolute Gasteiger partial charge is 0.437 e. The van der Waals surface area contributed by atoms with Crippen molar-refractivity contribution in [2.24, 2.45) is 0 Å². The van der Waals surface area contributed by atoms with Crippen LogP contribution in [-0.2, 0) is 17.5 Å². The third-order valence-corrected chi connectivity index (χ3v) is 7.36. The monoisotopic (exact) mass is 589 g/mol. The number of allylic oxidation sites excluding steroid dienone is 3. The van der Waals surface area contributed by atoms with Crippen LogP contribution in [0.5, 0.6) is 11.6 Å². The van der Waals surface area contributed by atoms with Gasteiger partial charge in [0.1, 0.15) is 11.3 Å². The summed E-state index contributed by atoms with van der Waals surface area (Å²) < 4.78 is 74.0. The van der Waals surface area contributed by atoms with Crippen LogP contribution in [0.2, 0.25) is 0 Å². The zero-order valence-corrected chi connectivity index (χ0v) is 22.8. The molecule has 2 N–H and O–H groups in total. The summed E-state index contributed by atoms with van der Waals surface area (Å²) in [5, 5.41) is 5.70. The lowest BCUT2D eigenvalue weighted by atomic mass is 9.92. The highest BCUT2D eigenvalue weighted by molar-refractivity contribution is 6.01. The van der Waals surface area contributed by atoms with Gasteiger partial charge in [0.15, 0.2) is 0 Å². The highest BCUT2D eigenvalue weighted by Gasteiger charge is 2.38. The van der Waals surface area contributed by atoms with Crippen molar-refractivity contribution in [2.45, 2.75) is 63.7 Å². The van der Waals surface area contributed by atoms with E-state index in [-0.39, 0.29) is 54.9 Å². The molecule has 1 fully saturated rings. The molecule has 1 aromatic carbocycles. The normalized spacial score (nSPS) is 18.9. The molecule has 0 atom stereocenters. The number of fused-ring (bicyclic) bond motifs is 1. The lowest BCUT2D eigenvalue weighted by Crippen LogP contribution is -2.40. The summed E-state index contributed by atoms with van der Waals surface area (Å²) in [4.78, 5) is 34.7. The van der Waals surface area contributed by atoms with E-state index in [9.17, 15) is 31.5 Å². The molecule has 0 unspecified atom stereocenters. The number of rotatable bonds is 6. The number of hydrogen-bond acceptors (Lipinski definition) is 6. The SMILES string of the molecule is CC1=CC(C(=O)NC2CCC(F)(F)CC2)=CCC=C1Nc1ncc(C(F)(F)F)c(Oc2cccc3c2C(=O)N(C)C3)n1. The summed E-state index contributed by atoms with van der Waals surface area (Å²) >= 11 is 0. The molecule has 0 spiro atoms. The standard InChI is InChI=1S/C29H28F5N5O3/c1-16-13-17(24(40)36-19-9-11-28(30,31)12-10-19)5-3-7-21(16)37-27-35-14-20(29(32,33)34)25(38-27)42-22-8-4-6-18-15-39(2)26(41)23(18)22/h4-8,13-14,19H,3,9-12,15H2,1-2H3,(H,36,40)(H,35,37,38). The van der Waals surface area contributed by atoms with Crippen LogP contribution >= 0.6 is 0 Å². The van der Waals surface area contributed by atoms with Gasteiger partial charge in [-0.25, -0.2) is 13.8 Å². The molecule has 0 radical (unpaired) electrons. The predicted molar refractivity (Wildman–Crippen MR) is 143 cm³/mol. The first kappa shape index (κ1) is 29.2. The summed E-state index contributed by atoms with van der Waals surface area (Å²) in [6, 6.07) is 4.35. The molecule has 1 aromatic heterocycles. The van der Waals surface area contributed by atoms with E-state index in [0.717, 1.165) is 0 Å². The summed E-state index contributed by atoms with van der Waals surface area (Å²) in [6.07, 6.45) is 0.865. The van der Waals surface area contributed by atoms with Crippen molar-refractivity contribution in [2.75, 3.05) is 12.4 Å². The first-order valence-electron chi connectivity index (χ1n) is 13.3. The molecule has 2 aromatic rings. The number of ether oxygens (including phenoxy) is 1. The van der Waals surface area contributed by atoms with Gasteiger partial charge in [-0.1, -0.05) is 24.3 Å². The van der Waals surface area contributed by atoms with Gasteiger partial charge in [0.2, 0.25) is 17.8 Å². The van der Waals surface area contributed by atoms with E-state index >= 15 is 0 Å². The fourth-order valence-corrected chi connectivity index (χ4v) is 5.07. The fourth-order valence-electron chi connectivity index (χ4n) is 5.07. The van der Waals surface area contributed by atoms with Crippen molar-refractivity contribution in [3.63, 3.8) is 0 Å². The smallest absolute Gasteiger partial charge is 0.423 e. The number of nitrogens with one attached hydrogen (secondary N) is 2. The average Bonchev–Trinajstić information content (AvgIpc) is 3.09. The van der Waals surface area contributed by atoms with Gasteiger partial charge >= 0.3 is 6.18 Å². The number of nitrogens with zero attached hydrogens (tertiary/aromatic N) is 3. The second kappa shape index (κ2) is 11.2. The maximum Gasteiger partial charge on any atom is 0.423 e. The molecular formula is C29H28F5N5O3. The summed E-state index contributed by atoms with van der Waals surface area (Å²) in [6.45, 7) is 2.00. The highest BCUT2D eigenvalue weighted by Crippen LogP contribution is 2.40. The third kappa shape index (κ3) is 6.29. The Kier molecular flexibility index (Phi) is 7.78. The van der Waals surface area contributed by atoms with Crippen molar-refractivity contribution in [1.82, 2.24) is 20.2 Å². The second-order valence-electron chi connectivity index (χ2n) is 10.5. The molecule has 1 saturated carbocycles. The Labute approximate surface area is 238 Å². The van der Waals surface area contributed by atoms with Gasteiger partial charge in [-0.05, 0) is 49.5 Å². The van der Waals surface area contributed by atoms with E-state index in [1.807, 2.05) is 0 Å². The molecule has 1 aliphatic heterocycles. The lowest BCUT2D eigenvalue weighted by Gasteiger charge is -2.28. The van der Waals surface area contributed by atoms with E-state index in [4.69, 9.17) is 4.74 Å². The number of amides is 2. The van der Waals surface area contributed by atoms with Crippen LogP contribution in [0.25, 0.3) is 0 Å². The summed E-state index contributed by atoms with van der Waals surface area (Å²) in [5.74, 6) is -4.49. The molecule has 0 bridgehead atoms. The van der Waals surface area contributed by atoms with Gasteiger partial charge in [0, 0.05) is 49.9 Å². The Morgan fingerprint density at radius 3 is 2.62 bits per heavy atom. The van der Waals surface area contributed by atoms with Crippen LogP contribution in [0.3, 0.4) is 0 Å². The van der Waals surface area contributed by atoms with Gasteiger partial charge in [-0.2, -0.15) is 18.2 Å². The van der Waals surface area contributed by atoms with E-state index < -0.39 is 29.4 Å². The minimum absolute atomic E-state index is 0.0525. The molecule has 222 valence electrons. The van der Waals surface area contributed by atoms with E-state index in [2.05, 4.69) is 20.6 Å². The van der Waals surface area contributed by atoms with E-state index in [1.165, 1.54) is 11.0 Å². The molecule has 2 amide bonds. The minimum atomic E-state index is -4.83. The highest BCUT2D eigenvalue weighted by atomic mass is 19.4.